The second kappa shape index (κ2) is 7.53. The van der Waals surface area contributed by atoms with E-state index in [0.29, 0.717) is 24.8 Å². The summed E-state index contributed by atoms with van der Waals surface area (Å²) in [5.41, 5.74) is 2.48. The van der Waals surface area contributed by atoms with E-state index in [-0.39, 0.29) is 10.6 Å². The summed E-state index contributed by atoms with van der Waals surface area (Å²) < 4.78 is 23.3. The summed E-state index contributed by atoms with van der Waals surface area (Å²) in [4.78, 5) is 12.2. The molecule has 0 aromatic heterocycles. The number of nitro benzene ring substituents is 1. The quantitative estimate of drug-likeness (QED) is 0.598. The third-order valence-electron chi connectivity index (χ3n) is 4.66. The zero-order valence-electron chi connectivity index (χ0n) is 15.0. The molecule has 1 fully saturated rings. The zero-order chi connectivity index (χ0) is 19.6. The maximum Gasteiger partial charge on any atom is 0.272 e. The molecule has 0 atom stereocenters. The summed E-state index contributed by atoms with van der Waals surface area (Å²) in [5, 5.41) is 19.8. The first kappa shape index (κ1) is 19.1. The first-order chi connectivity index (χ1) is 12.7. The van der Waals surface area contributed by atoms with Crippen molar-refractivity contribution in [2.24, 2.45) is 5.14 Å². The van der Waals surface area contributed by atoms with Gasteiger partial charge in [-0.3, -0.25) is 10.1 Å². The van der Waals surface area contributed by atoms with Crippen molar-refractivity contribution in [2.75, 3.05) is 23.3 Å². The van der Waals surface area contributed by atoms with E-state index in [2.05, 4.69) is 11.4 Å². The van der Waals surface area contributed by atoms with Crippen LogP contribution in [0.3, 0.4) is 0 Å². The molecule has 3 N–H and O–H groups in total. The van der Waals surface area contributed by atoms with Crippen molar-refractivity contribution in [3.05, 3.63) is 58.1 Å². The average molecular weight is 390 g/mol. The number of nitrogens with two attached hydrogens (primary N) is 1. The van der Waals surface area contributed by atoms with Crippen molar-refractivity contribution < 1.29 is 13.3 Å². The second-order valence-electron chi connectivity index (χ2n) is 6.76. The molecule has 0 spiro atoms. The summed E-state index contributed by atoms with van der Waals surface area (Å²) in [7, 11) is -4.02. The number of piperidine rings is 1. The summed E-state index contributed by atoms with van der Waals surface area (Å²) >= 11 is 0. The topological polar surface area (TPSA) is 119 Å². The smallest absolute Gasteiger partial charge is 0.272 e. The molecule has 2 aromatic rings. The SMILES string of the molecule is Cc1cccc(NC2CCN(c3cc([N+](=O)[O-])cc(S(N)(=O)=O)c3)CC2)c1. The molecule has 1 saturated heterocycles. The minimum Gasteiger partial charge on any atom is -0.382 e. The standard InChI is InChI=1S/C18H22N4O4S/c1-13-3-2-4-15(9-13)20-14-5-7-21(8-6-14)16-10-17(22(23)24)12-18(11-16)27(19,25)26/h2-4,9-12,14,20H,5-8H2,1H3,(H2,19,25,26). The van der Waals surface area contributed by atoms with Gasteiger partial charge in [-0.15, -0.1) is 0 Å². The van der Waals surface area contributed by atoms with Crippen LogP contribution in [0.5, 0.6) is 0 Å². The Morgan fingerprint density at radius 3 is 2.48 bits per heavy atom. The largest absolute Gasteiger partial charge is 0.382 e. The lowest BCUT2D eigenvalue weighted by Crippen LogP contribution is -2.39. The average Bonchev–Trinajstić information content (AvgIpc) is 2.61. The van der Waals surface area contributed by atoms with Gasteiger partial charge in [-0.2, -0.15) is 0 Å². The molecule has 0 aliphatic carbocycles. The lowest BCUT2D eigenvalue weighted by molar-refractivity contribution is -0.385. The van der Waals surface area contributed by atoms with Crippen molar-refractivity contribution >= 4 is 27.1 Å². The van der Waals surface area contributed by atoms with E-state index in [1.807, 2.05) is 30.0 Å². The van der Waals surface area contributed by atoms with Gasteiger partial charge < -0.3 is 10.2 Å². The van der Waals surface area contributed by atoms with Crippen LogP contribution in [0, 0.1) is 17.0 Å². The molecule has 2 aromatic carbocycles. The fourth-order valence-electron chi connectivity index (χ4n) is 3.27. The molecule has 1 aliphatic heterocycles. The molecule has 8 nitrogen and oxygen atoms in total. The van der Waals surface area contributed by atoms with E-state index < -0.39 is 14.9 Å². The number of aryl methyl sites for hydroxylation is 1. The Morgan fingerprint density at radius 1 is 1.19 bits per heavy atom. The van der Waals surface area contributed by atoms with Crippen LogP contribution in [0.15, 0.2) is 47.4 Å². The molecule has 1 heterocycles. The van der Waals surface area contributed by atoms with E-state index in [9.17, 15) is 18.5 Å². The number of hydrogen-bond acceptors (Lipinski definition) is 6. The summed E-state index contributed by atoms with van der Waals surface area (Å²) in [6.07, 6.45) is 1.67. The number of nitrogens with zero attached hydrogens (tertiary/aromatic N) is 2. The summed E-state index contributed by atoms with van der Waals surface area (Å²) in [6, 6.07) is 12.2. The molecule has 144 valence electrons. The number of anilines is 2. The number of sulfonamides is 1. The van der Waals surface area contributed by atoms with Crippen molar-refractivity contribution in [2.45, 2.75) is 30.7 Å². The van der Waals surface area contributed by atoms with Crippen molar-refractivity contribution in [1.82, 2.24) is 0 Å². The van der Waals surface area contributed by atoms with Gasteiger partial charge in [-0.25, -0.2) is 13.6 Å². The van der Waals surface area contributed by atoms with Gasteiger partial charge in [0.1, 0.15) is 0 Å². The first-order valence-electron chi connectivity index (χ1n) is 8.63. The Bertz CT molecular complexity index is 954. The van der Waals surface area contributed by atoms with E-state index in [1.165, 1.54) is 17.7 Å². The van der Waals surface area contributed by atoms with Gasteiger partial charge in [0.2, 0.25) is 10.0 Å². The number of nitrogens with one attached hydrogen (secondary N) is 1. The number of rotatable bonds is 5. The van der Waals surface area contributed by atoms with Crippen LogP contribution in [0.1, 0.15) is 18.4 Å². The zero-order valence-corrected chi connectivity index (χ0v) is 15.8. The Hall–Kier alpha value is -2.65. The normalized spacial score (nSPS) is 15.6. The minimum atomic E-state index is -4.02. The molecule has 27 heavy (non-hydrogen) atoms. The Balaban J connectivity index is 1.73. The third kappa shape index (κ3) is 4.75. The van der Waals surface area contributed by atoms with Crippen LogP contribution in [-0.4, -0.2) is 32.5 Å². The molecule has 0 unspecified atom stereocenters. The minimum absolute atomic E-state index is 0.244. The van der Waals surface area contributed by atoms with Crippen LogP contribution < -0.4 is 15.4 Å². The highest BCUT2D eigenvalue weighted by molar-refractivity contribution is 7.89. The molecule has 3 rings (SSSR count). The maximum atomic E-state index is 11.7. The van der Waals surface area contributed by atoms with Gasteiger partial charge in [0.05, 0.1) is 9.82 Å². The Kier molecular flexibility index (Phi) is 5.33. The van der Waals surface area contributed by atoms with Gasteiger partial charge in [-0.1, -0.05) is 12.1 Å². The fourth-order valence-corrected chi connectivity index (χ4v) is 3.84. The van der Waals surface area contributed by atoms with Gasteiger partial charge in [-0.05, 0) is 43.5 Å². The van der Waals surface area contributed by atoms with Gasteiger partial charge >= 0.3 is 0 Å². The highest BCUT2D eigenvalue weighted by Crippen LogP contribution is 2.29. The molecule has 0 saturated carbocycles. The Labute approximate surface area is 158 Å². The van der Waals surface area contributed by atoms with Crippen LogP contribution in [0.25, 0.3) is 0 Å². The molecular formula is C18H22N4O4S. The van der Waals surface area contributed by atoms with Gasteiger partial charge in [0, 0.05) is 42.6 Å². The number of nitro groups is 1. The lowest BCUT2D eigenvalue weighted by Gasteiger charge is -2.34. The number of non-ortho nitro benzene ring substituents is 1. The van der Waals surface area contributed by atoms with Gasteiger partial charge in [0.25, 0.3) is 5.69 Å². The summed E-state index contributed by atoms with van der Waals surface area (Å²) in [5.74, 6) is 0. The van der Waals surface area contributed by atoms with Crippen LogP contribution in [-0.2, 0) is 10.0 Å². The number of primary sulfonamides is 1. The van der Waals surface area contributed by atoms with E-state index >= 15 is 0 Å². The van der Waals surface area contributed by atoms with Crippen molar-refractivity contribution in [1.29, 1.82) is 0 Å². The van der Waals surface area contributed by atoms with Crippen molar-refractivity contribution in [3.63, 3.8) is 0 Å². The Morgan fingerprint density at radius 2 is 1.89 bits per heavy atom. The van der Waals surface area contributed by atoms with E-state index in [4.69, 9.17) is 5.14 Å². The highest BCUT2D eigenvalue weighted by atomic mass is 32.2. The molecule has 1 aliphatic rings. The maximum absolute atomic E-state index is 11.7. The molecule has 0 radical (unpaired) electrons. The second-order valence-corrected chi connectivity index (χ2v) is 8.32. The number of benzene rings is 2. The molecule has 0 bridgehead atoms. The van der Waals surface area contributed by atoms with Crippen molar-refractivity contribution in [3.8, 4) is 0 Å². The monoisotopic (exact) mass is 390 g/mol. The molecule has 9 heteroatoms. The van der Waals surface area contributed by atoms with Crippen LogP contribution in [0.2, 0.25) is 0 Å². The highest BCUT2D eigenvalue weighted by Gasteiger charge is 2.23. The van der Waals surface area contributed by atoms with E-state index in [1.54, 1.807) is 0 Å². The summed E-state index contributed by atoms with van der Waals surface area (Å²) in [6.45, 7) is 3.36. The molecular weight excluding hydrogens is 368 g/mol. The fraction of sp³-hybridized carbons (Fsp3) is 0.333. The predicted octanol–water partition coefficient (Wildman–Crippen LogP) is 2.63. The lowest BCUT2D eigenvalue weighted by atomic mass is 10.0. The number of hydrogen-bond donors (Lipinski definition) is 2. The van der Waals surface area contributed by atoms with Crippen LogP contribution in [0.4, 0.5) is 17.1 Å². The molecule has 0 amide bonds. The van der Waals surface area contributed by atoms with E-state index in [0.717, 1.165) is 24.6 Å². The third-order valence-corrected chi connectivity index (χ3v) is 5.56. The first-order valence-corrected chi connectivity index (χ1v) is 10.2. The van der Waals surface area contributed by atoms with Crippen LogP contribution >= 0.6 is 0 Å². The predicted molar refractivity (Wildman–Crippen MR) is 105 cm³/mol. The van der Waals surface area contributed by atoms with Gasteiger partial charge in [0.15, 0.2) is 0 Å².